The third-order valence-electron chi connectivity index (χ3n) is 7.05. The molecule has 2 unspecified atom stereocenters. The number of amides is 2. The van der Waals surface area contributed by atoms with E-state index in [1.807, 2.05) is 17.2 Å². The summed E-state index contributed by atoms with van der Waals surface area (Å²) in [6.45, 7) is 1.29. The zero-order valence-electron chi connectivity index (χ0n) is 15.7. The van der Waals surface area contributed by atoms with E-state index in [4.69, 9.17) is 11.6 Å². The van der Waals surface area contributed by atoms with Gasteiger partial charge in [0.25, 0.3) is 5.91 Å². The molecule has 2 aromatic heterocycles. The maximum atomic E-state index is 13.0. The average molecular weight is 399 g/mol. The number of pyridine rings is 1. The van der Waals surface area contributed by atoms with E-state index in [1.54, 1.807) is 9.42 Å². The molecule has 0 radical (unpaired) electrons. The van der Waals surface area contributed by atoms with E-state index >= 15 is 0 Å². The fourth-order valence-corrected chi connectivity index (χ4v) is 5.43. The van der Waals surface area contributed by atoms with E-state index in [2.05, 4.69) is 11.2 Å². The molecule has 0 spiro atoms. The van der Waals surface area contributed by atoms with Gasteiger partial charge in [0, 0.05) is 25.3 Å². The molecule has 3 aliphatic carbocycles. The molecule has 3 saturated carbocycles. The Balaban J connectivity index is 1.21. The molecule has 6 rings (SSSR count). The van der Waals surface area contributed by atoms with Crippen LogP contribution in [0.3, 0.4) is 0 Å². The minimum absolute atomic E-state index is 0.0572. The van der Waals surface area contributed by atoms with Crippen LogP contribution in [0.2, 0.25) is 5.02 Å². The molecule has 3 heterocycles. The standard InChI is InChI=1S/C21H23ClN4O2/c22-19-17-10-13(12-1-2-12)3-4-26(17)23-20(19)21(28)24-5-6-25(18(27)11-24)16-8-14-7-15(14)9-16/h3-4,10,12,14-16H,1-2,5-9,11H2. The van der Waals surface area contributed by atoms with Crippen LogP contribution in [0.15, 0.2) is 18.3 Å². The third-order valence-corrected chi connectivity index (χ3v) is 7.43. The highest BCUT2D eigenvalue weighted by Gasteiger charge is 2.49. The van der Waals surface area contributed by atoms with Crippen molar-refractivity contribution in [2.24, 2.45) is 11.8 Å². The number of nitrogens with zero attached hydrogens (tertiary/aromatic N) is 4. The minimum Gasteiger partial charge on any atom is -0.336 e. The molecule has 4 aliphatic rings. The number of piperazine rings is 1. The maximum absolute atomic E-state index is 13.0. The summed E-state index contributed by atoms with van der Waals surface area (Å²) in [4.78, 5) is 29.4. The first kappa shape index (κ1) is 16.8. The van der Waals surface area contributed by atoms with Crippen LogP contribution in [-0.2, 0) is 4.79 Å². The molecule has 6 nitrogen and oxygen atoms in total. The summed E-state index contributed by atoms with van der Waals surface area (Å²) in [5.74, 6) is 2.11. The van der Waals surface area contributed by atoms with Gasteiger partial charge in [0.2, 0.25) is 5.91 Å². The van der Waals surface area contributed by atoms with Crippen LogP contribution in [-0.4, -0.2) is 56.9 Å². The Kier molecular flexibility index (Phi) is 3.58. The van der Waals surface area contributed by atoms with Crippen molar-refractivity contribution in [3.8, 4) is 0 Å². The normalized spacial score (nSPS) is 29.5. The molecule has 0 aromatic carbocycles. The Morgan fingerprint density at radius 1 is 1.14 bits per heavy atom. The Morgan fingerprint density at radius 2 is 1.93 bits per heavy atom. The first-order valence-electron chi connectivity index (χ1n) is 10.3. The summed E-state index contributed by atoms with van der Waals surface area (Å²) in [6.07, 6.45) is 7.93. The number of carbonyl (C=O) groups is 2. The fraction of sp³-hybridized carbons (Fsp3) is 0.571. The van der Waals surface area contributed by atoms with Crippen LogP contribution in [0, 0.1) is 11.8 Å². The number of fused-ring (bicyclic) bond motifs is 2. The quantitative estimate of drug-likeness (QED) is 0.798. The van der Waals surface area contributed by atoms with Gasteiger partial charge in [0.05, 0.1) is 10.5 Å². The van der Waals surface area contributed by atoms with Crippen molar-refractivity contribution in [2.75, 3.05) is 19.6 Å². The van der Waals surface area contributed by atoms with E-state index in [-0.39, 0.29) is 24.1 Å². The summed E-state index contributed by atoms with van der Waals surface area (Å²) in [5.41, 5.74) is 2.27. The van der Waals surface area contributed by atoms with E-state index in [0.29, 0.717) is 30.1 Å². The molecule has 2 aromatic rings. The average Bonchev–Trinajstić information content (AvgIpc) is 3.62. The second-order valence-corrected chi connectivity index (χ2v) is 9.30. The van der Waals surface area contributed by atoms with Crippen molar-refractivity contribution in [1.29, 1.82) is 0 Å². The van der Waals surface area contributed by atoms with Crippen LogP contribution in [0.25, 0.3) is 5.52 Å². The van der Waals surface area contributed by atoms with E-state index < -0.39 is 0 Å². The first-order valence-corrected chi connectivity index (χ1v) is 10.7. The Hall–Kier alpha value is -2.08. The van der Waals surface area contributed by atoms with Gasteiger partial charge in [0.15, 0.2) is 5.69 Å². The van der Waals surface area contributed by atoms with Crippen molar-refractivity contribution in [2.45, 2.75) is 44.1 Å². The molecule has 146 valence electrons. The van der Waals surface area contributed by atoms with Gasteiger partial charge >= 0.3 is 0 Å². The molecule has 0 N–H and O–H groups in total. The molecule has 0 bridgehead atoms. The van der Waals surface area contributed by atoms with E-state index in [0.717, 1.165) is 30.2 Å². The molecular formula is C21H23ClN4O2. The van der Waals surface area contributed by atoms with E-state index in [9.17, 15) is 9.59 Å². The largest absolute Gasteiger partial charge is 0.336 e. The van der Waals surface area contributed by atoms with Crippen molar-refractivity contribution in [3.63, 3.8) is 0 Å². The molecule has 1 aliphatic heterocycles. The molecule has 7 heteroatoms. The summed E-state index contributed by atoms with van der Waals surface area (Å²) < 4.78 is 1.67. The van der Waals surface area contributed by atoms with Crippen molar-refractivity contribution in [1.82, 2.24) is 19.4 Å². The lowest BCUT2D eigenvalue weighted by molar-refractivity contribution is -0.137. The lowest BCUT2D eigenvalue weighted by Crippen LogP contribution is -2.55. The van der Waals surface area contributed by atoms with Crippen molar-refractivity contribution < 1.29 is 9.59 Å². The van der Waals surface area contributed by atoms with Gasteiger partial charge in [-0.3, -0.25) is 9.59 Å². The Bertz CT molecular complexity index is 988. The third kappa shape index (κ3) is 2.65. The fourth-order valence-electron chi connectivity index (χ4n) is 5.17. The number of hydrogen-bond donors (Lipinski definition) is 0. The number of hydrogen-bond acceptors (Lipinski definition) is 3. The van der Waals surface area contributed by atoms with Gasteiger partial charge < -0.3 is 9.80 Å². The number of rotatable bonds is 3. The first-order chi connectivity index (χ1) is 13.6. The van der Waals surface area contributed by atoms with E-state index in [1.165, 1.54) is 24.8 Å². The summed E-state index contributed by atoms with van der Waals surface area (Å²) in [6, 6.07) is 4.47. The van der Waals surface area contributed by atoms with Crippen LogP contribution in [0.5, 0.6) is 0 Å². The lowest BCUT2D eigenvalue weighted by atomic mass is 10.1. The van der Waals surface area contributed by atoms with Crippen LogP contribution in [0.1, 0.15) is 54.1 Å². The zero-order chi connectivity index (χ0) is 19.0. The van der Waals surface area contributed by atoms with Gasteiger partial charge in [-0.1, -0.05) is 11.6 Å². The molecule has 28 heavy (non-hydrogen) atoms. The maximum Gasteiger partial charge on any atom is 0.276 e. The van der Waals surface area contributed by atoms with Gasteiger partial charge in [-0.25, -0.2) is 4.52 Å². The smallest absolute Gasteiger partial charge is 0.276 e. The summed E-state index contributed by atoms with van der Waals surface area (Å²) in [7, 11) is 0. The zero-order valence-corrected chi connectivity index (χ0v) is 16.4. The predicted octanol–water partition coefficient (Wildman–Crippen LogP) is 2.95. The summed E-state index contributed by atoms with van der Waals surface area (Å²) in [5, 5.41) is 4.80. The molecule has 2 atom stereocenters. The number of aromatic nitrogens is 2. The highest BCUT2D eigenvalue weighted by Crippen LogP contribution is 2.53. The molecule has 2 amide bonds. The second kappa shape index (κ2) is 5.96. The SMILES string of the molecule is O=C(c1nn2ccc(C3CC3)cc2c1Cl)N1CCN(C2CC3CC3C2)C(=O)C1. The van der Waals surface area contributed by atoms with Gasteiger partial charge in [-0.2, -0.15) is 5.10 Å². The number of halogens is 1. The highest BCUT2D eigenvalue weighted by molar-refractivity contribution is 6.36. The van der Waals surface area contributed by atoms with Crippen LogP contribution >= 0.6 is 11.6 Å². The second-order valence-electron chi connectivity index (χ2n) is 8.92. The highest BCUT2D eigenvalue weighted by atomic mass is 35.5. The Labute approximate surface area is 168 Å². The minimum atomic E-state index is -0.246. The Morgan fingerprint density at radius 3 is 2.64 bits per heavy atom. The van der Waals surface area contributed by atoms with Crippen LogP contribution in [0.4, 0.5) is 0 Å². The van der Waals surface area contributed by atoms with Gasteiger partial charge in [-0.05, 0) is 67.6 Å². The summed E-state index contributed by atoms with van der Waals surface area (Å²) >= 11 is 6.53. The van der Waals surface area contributed by atoms with Crippen LogP contribution < -0.4 is 0 Å². The van der Waals surface area contributed by atoms with Gasteiger partial charge in [-0.15, -0.1) is 0 Å². The topological polar surface area (TPSA) is 57.9 Å². The monoisotopic (exact) mass is 398 g/mol. The molecule has 4 fully saturated rings. The lowest BCUT2D eigenvalue weighted by Gasteiger charge is -2.38. The predicted molar refractivity (Wildman–Crippen MR) is 104 cm³/mol. The molecular weight excluding hydrogens is 376 g/mol. The van der Waals surface area contributed by atoms with Gasteiger partial charge in [0.1, 0.15) is 6.54 Å². The molecule has 1 saturated heterocycles. The van der Waals surface area contributed by atoms with Crippen molar-refractivity contribution in [3.05, 3.63) is 34.6 Å². The van der Waals surface area contributed by atoms with Crippen molar-refractivity contribution >= 4 is 28.9 Å². The number of carbonyl (C=O) groups excluding carboxylic acids is 2.